The molecule has 0 aromatic rings. The highest BCUT2D eigenvalue weighted by atomic mass is 16.3. The highest BCUT2D eigenvalue weighted by molar-refractivity contribution is 5.83. The molecule has 10 heavy (non-hydrogen) atoms. The van der Waals surface area contributed by atoms with Crippen molar-refractivity contribution in [1.29, 1.82) is 0 Å². The molecule has 0 rings (SSSR count). The van der Waals surface area contributed by atoms with E-state index in [-0.39, 0.29) is 5.78 Å². The second kappa shape index (κ2) is 4.00. The molecule has 0 heterocycles. The molecular formula is C6H11NO3. The van der Waals surface area contributed by atoms with Crippen LogP contribution in [-0.4, -0.2) is 29.4 Å². The van der Waals surface area contributed by atoms with Crippen LogP contribution in [0.2, 0.25) is 0 Å². The molecule has 0 aromatic carbocycles. The number of amides is 1. The Labute approximate surface area is 59.2 Å². The third kappa shape index (κ3) is 2.59. The molecule has 0 aromatic heterocycles. The Morgan fingerprint density at radius 2 is 2.20 bits per heavy atom. The predicted molar refractivity (Wildman–Crippen MR) is 35.3 cm³/mol. The van der Waals surface area contributed by atoms with Crippen molar-refractivity contribution in [1.82, 2.24) is 5.32 Å². The summed E-state index contributed by atoms with van der Waals surface area (Å²) in [5.41, 5.74) is 0. The highest BCUT2D eigenvalue weighted by Gasteiger charge is 2.17. The minimum absolute atomic E-state index is 0.248. The van der Waals surface area contributed by atoms with Gasteiger partial charge < -0.3 is 10.4 Å². The lowest BCUT2D eigenvalue weighted by Gasteiger charge is -2.14. The average Bonchev–Trinajstić information content (AvgIpc) is 1.81. The van der Waals surface area contributed by atoms with Gasteiger partial charge in [0.2, 0.25) is 6.41 Å². The molecule has 2 atom stereocenters. The lowest BCUT2D eigenvalue weighted by atomic mass is 10.1. The van der Waals surface area contributed by atoms with Gasteiger partial charge in [-0.05, 0) is 13.8 Å². The molecule has 0 aliphatic heterocycles. The van der Waals surface area contributed by atoms with Crippen molar-refractivity contribution in [2.24, 2.45) is 0 Å². The predicted octanol–water partition coefficient (Wildman–Crippen LogP) is -0.929. The molecule has 58 valence electrons. The van der Waals surface area contributed by atoms with Gasteiger partial charge in [-0.25, -0.2) is 0 Å². The zero-order valence-electron chi connectivity index (χ0n) is 6.00. The molecule has 0 bridgehead atoms. The summed E-state index contributed by atoms with van der Waals surface area (Å²) in [6, 6.07) is -0.766. The van der Waals surface area contributed by atoms with E-state index in [2.05, 4.69) is 5.32 Å². The van der Waals surface area contributed by atoms with Crippen LogP contribution in [0.3, 0.4) is 0 Å². The summed E-state index contributed by atoms with van der Waals surface area (Å²) in [7, 11) is 0. The lowest BCUT2D eigenvalue weighted by Crippen LogP contribution is -2.42. The minimum Gasteiger partial charge on any atom is -0.391 e. The first-order valence-electron chi connectivity index (χ1n) is 2.97. The van der Waals surface area contributed by atoms with Crippen molar-refractivity contribution in [3.63, 3.8) is 0 Å². The fourth-order valence-corrected chi connectivity index (χ4v) is 0.670. The first-order valence-corrected chi connectivity index (χ1v) is 2.97. The summed E-state index contributed by atoms with van der Waals surface area (Å²) >= 11 is 0. The van der Waals surface area contributed by atoms with E-state index < -0.39 is 12.1 Å². The van der Waals surface area contributed by atoms with Gasteiger partial charge in [0.05, 0.1) is 6.10 Å². The van der Waals surface area contributed by atoms with Gasteiger partial charge in [0.1, 0.15) is 6.04 Å². The average molecular weight is 145 g/mol. The Morgan fingerprint density at radius 1 is 1.70 bits per heavy atom. The Hall–Kier alpha value is -0.900. The number of ketones is 1. The van der Waals surface area contributed by atoms with Crippen LogP contribution >= 0.6 is 0 Å². The Morgan fingerprint density at radius 3 is 2.30 bits per heavy atom. The molecular weight excluding hydrogens is 134 g/mol. The first-order chi connectivity index (χ1) is 4.59. The maximum absolute atomic E-state index is 10.6. The number of hydrogen-bond acceptors (Lipinski definition) is 3. The standard InChI is InChI=1S/C6H11NO3/c1-4(9)6(5(2)10)7-3-8/h3-4,6,9H,1-2H3,(H,7,8)/t4-,6+/m1/s1. The molecule has 0 saturated carbocycles. The summed E-state index contributed by atoms with van der Waals surface area (Å²) < 4.78 is 0. The van der Waals surface area contributed by atoms with E-state index in [1.807, 2.05) is 0 Å². The molecule has 0 radical (unpaired) electrons. The normalized spacial score (nSPS) is 15.5. The second-order valence-corrected chi connectivity index (χ2v) is 2.11. The SMILES string of the molecule is CC(=O)[C@@H](NC=O)[C@@H](C)O. The number of rotatable bonds is 4. The van der Waals surface area contributed by atoms with Crippen molar-refractivity contribution in [2.45, 2.75) is 26.0 Å². The Kier molecular flexibility index (Phi) is 3.64. The monoisotopic (exact) mass is 145 g/mol. The Bertz CT molecular complexity index is 133. The third-order valence-electron chi connectivity index (χ3n) is 1.17. The van der Waals surface area contributed by atoms with E-state index >= 15 is 0 Å². The van der Waals surface area contributed by atoms with Crippen LogP contribution in [0.1, 0.15) is 13.8 Å². The molecule has 0 spiro atoms. The minimum atomic E-state index is -0.831. The van der Waals surface area contributed by atoms with Gasteiger partial charge in [0.25, 0.3) is 0 Å². The fourth-order valence-electron chi connectivity index (χ4n) is 0.670. The second-order valence-electron chi connectivity index (χ2n) is 2.11. The van der Waals surface area contributed by atoms with E-state index in [0.29, 0.717) is 6.41 Å². The van der Waals surface area contributed by atoms with Gasteiger partial charge in [-0.1, -0.05) is 0 Å². The van der Waals surface area contributed by atoms with Crippen molar-refractivity contribution in [3.8, 4) is 0 Å². The molecule has 0 aliphatic carbocycles. The van der Waals surface area contributed by atoms with Gasteiger partial charge >= 0.3 is 0 Å². The molecule has 4 nitrogen and oxygen atoms in total. The molecule has 0 saturated heterocycles. The van der Waals surface area contributed by atoms with Crippen molar-refractivity contribution in [2.75, 3.05) is 0 Å². The van der Waals surface area contributed by atoms with E-state index in [4.69, 9.17) is 5.11 Å². The molecule has 1 amide bonds. The summed E-state index contributed by atoms with van der Waals surface area (Å²) in [5.74, 6) is -0.248. The van der Waals surface area contributed by atoms with Gasteiger partial charge in [0.15, 0.2) is 5.78 Å². The largest absolute Gasteiger partial charge is 0.391 e. The maximum atomic E-state index is 10.6. The first kappa shape index (κ1) is 9.10. The van der Waals surface area contributed by atoms with E-state index in [0.717, 1.165) is 0 Å². The van der Waals surface area contributed by atoms with E-state index in [1.165, 1.54) is 13.8 Å². The number of Topliss-reactive ketones (excluding diaryl/α,β-unsaturated/α-hetero) is 1. The number of aliphatic hydroxyl groups excluding tert-OH is 1. The zero-order valence-corrected chi connectivity index (χ0v) is 6.00. The molecule has 0 fully saturated rings. The van der Waals surface area contributed by atoms with Gasteiger partial charge in [-0.15, -0.1) is 0 Å². The maximum Gasteiger partial charge on any atom is 0.207 e. The summed E-state index contributed by atoms with van der Waals surface area (Å²) in [5, 5.41) is 11.1. The van der Waals surface area contributed by atoms with Crippen LogP contribution in [0.15, 0.2) is 0 Å². The van der Waals surface area contributed by atoms with E-state index in [9.17, 15) is 9.59 Å². The zero-order chi connectivity index (χ0) is 8.15. The van der Waals surface area contributed by atoms with Crippen LogP contribution in [-0.2, 0) is 9.59 Å². The quantitative estimate of drug-likeness (QED) is 0.502. The summed E-state index contributed by atoms with van der Waals surface area (Å²) in [6.07, 6.45) is -0.429. The lowest BCUT2D eigenvalue weighted by molar-refractivity contribution is -0.124. The van der Waals surface area contributed by atoms with Crippen LogP contribution in [0.4, 0.5) is 0 Å². The number of nitrogens with one attached hydrogen (secondary N) is 1. The number of aliphatic hydroxyl groups is 1. The van der Waals surface area contributed by atoms with Crippen molar-refractivity contribution >= 4 is 12.2 Å². The van der Waals surface area contributed by atoms with E-state index in [1.54, 1.807) is 0 Å². The van der Waals surface area contributed by atoms with Gasteiger partial charge in [0, 0.05) is 0 Å². The van der Waals surface area contributed by atoms with Crippen molar-refractivity contribution in [3.05, 3.63) is 0 Å². The van der Waals surface area contributed by atoms with Gasteiger partial charge in [-0.2, -0.15) is 0 Å². The van der Waals surface area contributed by atoms with Crippen LogP contribution < -0.4 is 5.32 Å². The molecule has 0 unspecified atom stereocenters. The van der Waals surface area contributed by atoms with Crippen molar-refractivity contribution < 1.29 is 14.7 Å². The van der Waals surface area contributed by atoms with Gasteiger partial charge in [-0.3, -0.25) is 9.59 Å². The fraction of sp³-hybridized carbons (Fsp3) is 0.667. The molecule has 0 aliphatic rings. The summed E-state index contributed by atoms with van der Waals surface area (Å²) in [6.45, 7) is 2.76. The third-order valence-corrected chi connectivity index (χ3v) is 1.17. The number of hydrogen-bond donors (Lipinski definition) is 2. The van der Waals surface area contributed by atoms with Crippen LogP contribution in [0.25, 0.3) is 0 Å². The molecule has 4 heteroatoms. The molecule has 2 N–H and O–H groups in total. The summed E-state index contributed by atoms with van der Waals surface area (Å²) in [4.78, 5) is 20.4. The number of carbonyl (C=O) groups excluding carboxylic acids is 2. The van der Waals surface area contributed by atoms with Crippen LogP contribution in [0.5, 0.6) is 0 Å². The Balaban J connectivity index is 3.97. The smallest absolute Gasteiger partial charge is 0.207 e. The highest BCUT2D eigenvalue weighted by Crippen LogP contribution is 1.91. The number of carbonyl (C=O) groups is 2. The topological polar surface area (TPSA) is 66.4 Å². The van der Waals surface area contributed by atoms with Crippen LogP contribution in [0, 0.1) is 0 Å².